The minimum Gasteiger partial charge on any atom is -0.454 e. The number of hydrogen-bond acceptors (Lipinski definition) is 5. The van der Waals surface area contributed by atoms with E-state index in [1.165, 1.54) is 0 Å². The number of benzene rings is 4. The van der Waals surface area contributed by atoms with Gasteiger partial charge in [0.2, 0.25) is 13.6 Å². The van der Waals surface area contributed by atoms with Crippen LogP contribution in [0.4, 0.5) is 5.69 Å². The summed E-state index contributed by atoms with van der Waals surface area (Å²) < 4.78 is 22.9. The lowest BCUT2D eigenvalue weighted by molar-refractivity contribution is 0.173. The number of nitrogens with zero attached hydrogens (tertiary/aromatic N) is 1. The first-order valence-corrected chi connectivity index (χ1v) is 10.9. The van der Waals surface area contributed by atoms with Crippen molar-refractivity contribution in [3.63, 3.8) is 0 Å². The summed E-state index contributed by atoms with van der Waals surface area (Å²) in [5.74, 6) is 9.98. The molecule has 3 aliphatic rings. The van der Waals surface area contributed by atoms with Crippen molar-refractivity contribution in [2.45, 2.75) is 6.04 Å². The van der Waals surface area contributed by atoms with E-state index in [-0.39, 0.29) is 19.6 Å². The summed E-state index contributed by atoms with van der Waals surface area (Å²) in [4.78, 5) is 2.24. The van der Waals surface area contributed by atoms with Crippen molar-refractivity contribution in [1.82, 2.24) is 0 Å². The molecule has 1 atom stereocenters. The van der Waals surface area contributed by atoms with Crippen molar-refractivity contribution in [2.75, 3.05) is 25.5 Å². The Morgan fingerprint density at radius 2 is 1.55 bits per heavy atom. The number of rotatable bonds is 0. The van der Waals surface area contributed by atoms with Gasteiger partial charge >= 0.3 is 0 Å². The third kappa shape index (κ3) is 2.68. The van der Waals surface area contributed by atoms with Crippen molar-refractivity contribution in [3.05, 3.63) is 77.9 Å². The van der Waals surface area contributed by atoms with E-state index in [2.05, 4.69) is 48.1 Å². The molecule has 0 aromatic heterocycles. The zero-order valence-electron chi connectivity index (χ0n) is 17.9. The molecule has 3 aliphatic heterocycles. The van der Waals surface area contributed by atoms with Gasteiger partial charge in [-0.15, -0.1) is 0 Å². The highest BCUT2D eigenvalue weighted by molar-refractivity contribution is 6.06. The third-order valence-corrected chi connectivity index (χ3v) is 6.49. The highest BCUT2D eigenvalue weighted by Crippen LogP contribution is 2.54. The van der Waals surface area contributed by atoms with Crippen molar-refractivity contribution >= 4 is 16.5 Å². The first-order chi connectivity index (χ1) is 16.3. The Morgan fingerprint density at radius 1 is 0.788 bits per heavy atom. The summed E-state index contributed by atoms with van der Waals surface area (Å²) >= 11 is 0. The van der Waals surface area contributed by atoms with Crippen LogP contribution in [0.2, 0.25) is 0 Å². The highest BCUT2D eigenvalue weighted by Gasteiger charge is 2.35. The van der Waals surface area contributed by atoms with Gasteiger partial charge in [0.05, 0.1) is 5.69 Å². The van der Waals surface area contributed by atoms with Gasteiger partial charge in [-0.2, -0.15) is 0 Å². The number of ether oxygens (including phenoxy) is 4. The number of hydrogen-bond donors (Lipinski definition) is 0. The summed E-state index contributed by atoms with van der Waals surface area (Å²) in [6, 6.07) is 22.4. The molecule has 160 valence electrons. The van der Waals surface area contributed by atoms with Crippen molar-refractivity contribution in [2.24, 2.45) is 0 Å². The topological polar surface area (TPSA) is 40.2 Å². The fraction of sp³-hybridized carbons (Fsp3) is 0.143. The lowest BCUT2D eigenvalue weighted by Crippen LogP contribution is -2.28. The van der Waals surface area contributed by atoms with Gasteiger partial charge in [0.15, 0.2) is 23.0 Å². The number of fused-ring (bicyclic) bond motifs is 8. The van der Waals surface area contributed by atoms with Crippen LogP contribution in [-0.4, -0.2) is 20.6 Å². The molecule has 0 saturated carbocycles. The second-order valence-electron chi connectivity index (χ2n) is 8.30. The quantitative estimate of drug-likeness (QED) is 0.342. The number of anilines is 1. The zero-order valence-corrected chi connectivity index (χ0v) is 17.9. The Hall–Kier alpha value is -4.30. The van der Waals surface area contributed by atoms with E-state index in [0.717, 1.165) is 61.7 Å². The predicted octanol–water partition coefficient (Wildman–Crippen LogP) is 5.51. The highest BCUT2D eigenvalue weighted by atomic mass is 16.7. The molecule has 0 aliphatic carbocycles. The van der Waals surface area contributed by atoms with Crippen LogP contribution in [-0.2, 0) is 0 Å². The Balaban J connectivity index is 1.50. The van der Waals surface area contributed by atoms with Crippen LogP contribution >= 0.6 is 0 Å². The molecular formula is C28H19NO4. The zero-order chi connectivity index (χ0) is 21.9. The van der Waals surface area contributed by atoms with Crippen molar-refractivity contribution in [3.8, 4) is 46.0 Å². The minimum atomic E-state index is -0.208. The second-order valence-corrected chi connectivity index (χ2v) is 8.30. The van der Waals surface area contributed by atoms with Crippen LogP contribution in [0.3, 0.4) is 0 Å². The largest absolute Gasteiger partial charge is 0.454 e. The van der Waals surface area contributed by atoms with Crippen LogP contribution in [0, 0.1) is 11.8 Å². The molecule has 0 radical (unpaired) electrons. The van der Waals surface area contributed by atoms with Gasteiger partial charge in [-0.05, 0) is 47.3 Å². The lowest BCUT2D eigenvalue weighted by atomic mass is 9.85. The maximum atomic E-state index is 5.94. The summed E-state index contributed by atoms with van der Waals surface area (Å²) in [5.41, 5.74) is 5.38. The van der Waals surface area contributed by atoms with Crippen LogP contribution in [0.15, 0.2) is 66.7 Å². The maximum absolute atomic E-state index is 5.94. The van der Waals surface area contributed by atoms with Crippen LogP contribution in [0.25, 0.3) is 21.9 Å². The molecule has 7 rings (SSSR count). The molecule has 0 amide bonds. The monoisotopic (exact) mass is 433 g/mol. The average molecular weight is 433 g/mol. The van der Waals surface area contributed by atoms with E-state index in [1.807, 2.05) is 42.5 Å². The first-order valence-electron chi connectivity index (χ1n) is 10.9. The summed E-state index contributed by atoms with van der Waals surface area (Å²) in [7, 11) is 2.09. The van der Waals surface area contributed by atoms with Gasteiger partial charge < -0.3 is 23.8 Å². The van der Waals surface area contributed by atoms with Crippen molar-refractivity contribution in [1.29, 1.82) is 0 Å². The smallest absolute Gasteiger partial charge is 0.231 e. The van der Waals surface area contributed by atoms with Gasteiger partial charge in [0.1, 0.15) is 6.04 Å². The Bertz CT molecular complexity index is 1500. The fourth-order valence-corrected chi connectivity index (χ4v) is 4.96. The van der Waals surface area contributed by atoms with Gasteiger partial charge in [-0.3, -0.25) is 0 Å². The molecule has 1 unspecified atom stereocenters. The van der Waals surface area contributed by atoms with Gasteiger partial charge in [0.25, 0.3) is 0 Å². The average Bonchev–Trinajstić information content (AvgIpc) is 3.51. The lowest BCUT2D eigenvalue weighted by Gasteiger charge is -2.36. The van der Waals surface area contributed by atoms with E-state index in [9.17, 15) is 0 Å². The molecule has 0 spiro atoms. The van der Waals surface area contributed by atoms with E-state index in [4.69, 9.17) is 18.9 Å². The molecule has 5 heteroatoms. The molecule has 5 nitrogen and oxygen atoms in total. The predicted molar refractivity (Wildman–Crippen MR) is 126 cm³/mol. The van der Waals surface area contributed by atoms with Gasteiger partial charge in [-0.1, -0.05) is 42.2 Å². The third-order valence-electron chi connectivity index (χ3n) is 6.49. The molecule has 4 aromatic carbocycles. The van der Waals surface area contributed by atoms with E-state index in [1.54, 1.807) is 0 Å². The minimum absolute atomic E-state index is 0.208. The normalized spacial score (nSPS) is 16.8. The van der Waals surface area contributed by atoms with E-state index < -0.39 is 0 Å². The first kappa shape index (κ1) is 18.3. The Morgan fingerprint density at radius 3 is 2.42 bits per heavy atom. The van der Waals surface area contributed by atoms with E-state index >= 15 is 0 Å². The maximum Gasteiger partial charge on any atom is 0.231 e. The van der Waals surface area contributed by atoms with Crippen LogP contribution < -0.4 is 23.8 Å². The summed E-state index contributed by atoms with van der Waals surface area (Å²) in [6.07, 6.45) is 0. The SMILES string of the molecule is CN1c2c(ccc3cc4c(cc23)OCO4)-c2ccc3c(c2C1C#Cc1ccccc1)OCO3. The summed E-state index contributed by atoms with van der Waals surface area (Å²) in [5, 5.41) is 2.21. The molecule has 4 aromatic rings. The molecule has 0 N–H and O–H groups in total. The van der Waals surface area contributed by atoms with Crippen LogP contribution in [0.5, 0.6) is 23.0 Å². The van der Waals surface area contributed by atoms with Gasteiger partial charge in [-0.25, -0.2) is 0 Å². The van der Waals surface area contributed by atoms with E-state index in [0.29, 0.717) is 0 Å². The Labute approximate surface area is 191 Å². The Kier molecular flexibility index (Phi) is 3.80. The molecule has 0 saturated heterocycles. The molecule has 33 heavy (non-hydrogen) atoms. The summed E-state index contributed by atoms with van der Waals surface area (Å²) in [6.45, 7) is 0.476. The van der Waals surface area contributed by atoms with Gasteiger partial charge in [0, 0.05) is 29.1 Å². The molecular weight excluding hydrogens is 414 g/mol. The molecule has 0 fully saturated rings. The van der Waals surface area contributed by atoms with Crippen LogP contribution in [0.1, 0.15) is 17.2 Å². The standard InChI is InChI=1S/C28H19NO4/c1-29-22(11-7-17-5-3-2-4-6-17)26-19(10-12-23-28(26)33-16-30-23)20-9-8-18-13-24-25(32-15-31-24)14-21(18)27(20)29/h2-6,8-10,12-14,22H,15-16H2,1H3. The second kappa shape index (κ2) is 6.85. The fourth-order valence-electron chi connectivity index (χ4n) is 4.96. The molecule has 0 bridgehead atoms. The molecule has 3 heterocycles. The van der Waals surface area contributed by atoms with Crippen molar-refractivity contribution < 1.29 is 18.9 Å².